The summed E-state index contributed by atoms with van der Waals surface area (Å²) in [5, 5.41) is 11.1. The van der Waals surface area contributed by atoms with Crippen LogP contribution in [0.15, 0.2) is 28.7 Å². The van der Waals surface area contributed by atoms with Crippen molar-refractivity contribution in [2.75, 3.05) is 17.3 Å². The summed E-state index contributed by atoms with van der Waals surface area (Å²) >= 11 is 3.60. The van der Waals surface area contributed by atoms with E-state index in [0.29, 0.717) is 11.1 Å². The summed E-state index contributed by atoms with van der Waals surface area (Å²) in [6.45, 7) is 0. The fourth-order valence-electron chi connectivity index (χ4n) is 2.06. The molecular formula is C13H13FO2S2. The predicted octanol–water partition coefficient (Wildman–Crippen LogP) is 3.45. The van der Waals surface area contributed by atoms with Crippen LogP contribution in [-0.4, -0.2) is 27.6 Å². The van der Waals surface area contributed by atoms with Gasteiger partial charge < -0.3 is 9.52 Å². The Hall–Kier alpha value is -0.650. The summed E-state index contributed by atoms with van der Waals surface area (Å²) in [6, 6.07) is 6.55. The van der Waals surface area contributed by atoms with Crippen LogP contribution in [0, 0.1) is 5.82 Å². The highest BCUT2D eigenvalue weighted by molar-refractivity contribution is 8.06. The van der Waals surface area contributed by atoms with E-state index in [9.17, 15) is 9.50 Å². The van der Waals surface area contributed by atoms with Crippen LogP contribution in [-0.2, 0) is 0 Å². The molecule has 1 fully saturated rings. The van der Waals surface area contributed by atoms with E-state index in [1.54, 1.807) is 30.0 Å². The van der Waals surface area contributed by atoms with Gasteiger partial charge in [0.1, 0.15) is 11.9 Å². The molecule has 2 aromatic rings. The average Bonchev–Trinajstić information content (AvgIpc) is 2.84. The van der Waals surface area contributed by atoms with Gasteiger partial charge in [0.05, 0.1) is 0 Å². The second kappa shape index (κ2) is 5.15. The number of halogens is 1. The number of benzene rings is 1. The summed E-state index contributed by atoms with van der Waals surface area (Å²) < 4.78 is 19.0. The quantitative estimate of drug-likeness (QED) is 0.915. The van der Waals surface area contributed by atoms with Crippen LogP contribution < -0.4 is 0 Å². The summed E-state index contributed by atoms with van der Waals surface area (Å²) in [7, 11) is 0. The van der Waals surface area contributed by atoms with Crippen molar-refractivity contribution < 1.29 is 13.9 Å². The van der Waals surface area contributed by atoms with Crippen molar-refractivity contribution in [2.24, 2.45) is 0 Å². The minimum atomic E-state index is -0.658. The molecule has 2 heterocycles. The van der Waals surface area contributed by atoms with Gasteiger partial charge in [-0.05, 0) is 12.1 Å². The van der Waals surface area contributed by atoms with E-state index >= 15 is 0 Å². The molecule has 96 valence electrons. The Kier molecular flexibility index (Phi) is 3.54. The van der Waals surface area contributed by atoms with Crippen LogP contribution in [0.1, 0.15) is 11.9 Å². The molecule has 1 aromatic carbocycles. The maximum Gasteiger partial charge on any atom is 0.170 e. The van der Waals surface area contributed by atoms with E-state index in [-0.39, 0.29) is 16.7 Å². The summed E-state index contributed by atoms with van der Waals surface area (Å²) in [5.74, 6) is 3.17. The van der Waals surface area contributed by atoms with Crippen molar-refractivity contribution in [3.63, 3.8) is 0 Å². The molecule has 1 aliphatic rings. The Labute approximate surface area is 113 Å². The van der Waals surface area contributed by atoms with Gasteiger partial charge in [0, 0.05) is 27.9 Å². The lowest BCUT2D eigenvalue weighted by molar-refractivity contribution is 0.154. The largest absolute Gasteiger partial charge is 0.455 e. The van der Waals surface area contributed by atoms with E-state index in [1.165, 1.54) is 6.07 Å². The molecule has 0 spiro atoms. The molecule has 5 heteroatoms. The highest BCUT2D eigenvalue weighted by atomic mass is 32.2. The first-order chi connectivity index (χ1) is 8.75. The second-order valence-corrected chi connectivity index (χ2v) is 6.73. The van der Waals surface area contributed by atoms with Crippen LogP contribution in [0.3, 0.4) is 0 Å². The smallest absolute Gasteiger partial charge is 0.170 e. The lowest BCUT2D eigenvalue weighted by Crippen LogP contribution is -2.21. The van der Waals surface area contributed by atoms with Gasteiger partial charge in [-0.25, -0.2) is 4.39 Å². The zero-order valence-electron chi connectivity index (χ0n) is 9.64. The van der Waals surface area contributed by atoms with Gasteiger partial charge in [0.15, 0.2) is 11.4 Å². The first-order valence-corrected chi connectivity index (χ1v) is 8.01. The van der Waals surface area contributed by atoms with Crippen LogP contribution >= 0.6 is 23.5 Å². The maximum absolute atomic E-state index is 13.5. The third-order valence-corrected chi connectivity index (χ3v) is 5.85. The molecule has 0 bridgehead atoms. The van der Waals surface area contributed by atoms with Crippen molar-refractivity contribution in [2.45, 2.75) is 11.4 Å². The minimum Gasteiger partial charge on any atom is -0.455 e. The van der Waals surface area contributed by atoms with E-state index in [4.69, 9.17) is 4.42 Å². The number of thioether (sulfide) groups is 2. The molecule has 3 rings (SSSR count). The molecule has 1 aliphatic heterocycles. The van der Waals surface area contributed by atoms with Crippen LogP contribution in [0.25, 0.3) is 11.0 Å². The maximum atomic E-state index is 13.5. The van der Waals surface area contributed by atoms with Crippen molar-refractivity contribution in [3.05, 3.63) is 35.8 Å². The number of furan rings is 1. The zero-order valence-corrected chi connectivity index (χ0v) is 11.3. The molecule has 0 radical (unpaired) electrons. The fraction of sp³-hybridized carbons (Fsp3) is 0.385. The number of para-hydroxylation sites is 1. The van der Waals surface area contributed by atoms with E-state index in [0.717, 1.165) is 17.3 Å². The average molecular weight is 284 g/mol. The van der Waals surface area contributed by atoms with E-state index in [1.807, 2.05) is 11.8 Å². The Bertz CT molecular complexity index is 549. The lowest BCUT2D eigenvalue weighted by Gasteiger charge is -2.24. The zero-order chi connectivity index (χ0) is 12.5. The summed E-state index contributed by atoms with van der Waals surface area (Å²) in [6.07, 6.45) is -0.658. The molecule has 2 nitrogen and oxygen atoms in total. The predicted molar refractivity (Wildman–Crippen MR) is 74.7 cm³/mol. The van der Waals surface area contributed by atoms with Crippen LogP contribution in [0.2, 0.25) is 0 Å². The van der Waals surface area contributed by atoms with Gasteiger partial charge in [-0.3, -0.25) is 0 Å². The fourth-order valence-corrected chi connectivity index (χ4v) is 4.80. The van der Waals surface area contributed by atoms with Crippen molar-refractivity contribution in [1.29, 1.82) is 0 Å². The second-order valence-electron chi connectivity index (χ2n) is 4.24. The Morgan fingerprint density at radius 1 is 1.39 bits per heavy atom. The number of aliphatic hydroxyl groups is 1. The van der Waals surface area contributed by atoms with Crippen LogP contribution in [0.4, 0.5) is 4.39 Å². The van der Waals surface area contributed by atoms with E-state index < -0.39 is 6.10 Å². The van der Waals surface area contributed by atoms with Gasteiger partial charge in [0.25, 0.3) is 0 Å². The molecule has 18 heavy (non-hydrogen) atoms. The van der Waals surface area contributed by atoms with Crippen LogP contribution in [0.5, 0.6) is 0 Å². The SMILES string of the molecule is OC(c1cc2cccc(F)c2o1)C1CSCCS1. The normalized spacial score (nSPS) is 22.2. The highest BCUT2D eigenvalue weighted by Gasteiger charge is 2.27. The number of hydrogen-bond donors (Lipinski definition) is 1. The minimum absolute atomic E-state index is 0.132. The Morgan fingerprint density at radius 3 is 3.00 bits per heavy atom. The first kappa shape index (κ1) is 12.4. The van der Waals surface area contributed by atoms with Gasteiger partial charge >= 0.3 is 0 Å². The molecule has 1 aromatic heterocycles. The molecule has 0 aliphatic carbocycles. The number of hydrogen-bond acceptors (Lipinski definition) is 4. The third kappa shape index (κ3) is 2.27. The molecule has 2 unspecified atom stereocenters. The first-order valence-electron chi connectivity index (χ1n) is 5.81. The van der Waals surface area contributed by atoms with E-state index in [2.05, 4.69) is 0 Å². The summed E-state index contributed by atoms with van der Waals surface area (Å²) in [4.78, 5) is 0. The number of rotatable bonds is 2. The Balaban J connectivity index is 1.91. The Morgan fingerprint density at radius 2 is 2.28 bits per heavy atom. The molecule has 0 amide bonds. The number of aliphatic hydroxyl groups excluding tert-OH is 1. The highest BCUT2D eigenvalue weighted by Crippen LogP contribution is 2.35. The third-order valence-electron chi connectivity index (χ3n) is 3.00. The monoisotopic (exact) mass is 284 g/mol. The molecule has 1 saturated heterocycles. The van der Waals surface area contributed by atoms with Crippen molar-refractivity contribution >= 4 is 34.5 Å². The van der Waals surface area contributed by atoms with Gasteiger partial charge in [0.2, 0.25) is 0 Å². The van der Waals surface area contributed by atoms with Gasteiger partial charge in [-0.1, -0.05) is 12.1 Å². The topological polar surface area (TPSA) is 33.4 Å². The number of fused-ring (bicyclic) bond motifs is 1. The summed E-state index contributed by atoms with van der Waals surface area (Å²) in [5.41, 5.74) is 0.236. The van der Waals surface area contributed by atoms with Crippen molar-refractivity contribution in [1.82, 2.24) is 0 Å². The standard InChI is InChI=1S/C13H13FO2S2/c14-9-3-1-2-8-6-10(16-13(8)9)12(15)11-7-17-4-5-18-11/h1-3,6,11-12,15H,4-5,7H2. The molecular weight excluding hydrogens is 271 g/mol. The van der Waals surface area contributed by atoms with Gasteiger partial charge in [-0.2, -0.15) is 23.5 Å². The van der Waals surface area contributed by atoms with Crippen molar-refractivity contribution in [3.8, 4) is 0 Å². The van der Waals surface area contributed by atoms with Gasteiger partial charge in [-0.15, -0.1) is 0 Å². The molecule has 2 atom stereocenters. The molecule has 1 N–H and O–H groups in total. The lowest BCUT2D eigenvalue weighted by atomic mass is 10.2. The molecule has 0 saturated carbocycles.